The predicted octanol–water partition coefficient (Wildman–Crippen LogP) is 1.76. The summed E-state index contributed by atoms with van der Waals surface area (Å²) in [6.45, 7) is 5.74. The Morgan fingerprint density at radius 1 is 1.11 bits per heavy atom. The summed E-state index contributed by atoms with van der Waals surface area (Å²) in [6, 6.07) is 5.76. The minimum Gasteiger partial charge on any atom is -0.379 e. The van der Waals surface area contributed by atoms with Crippen LogP contribution in [0.1, 0.15) is 12.5 Å². The van der Waals surface area contributed by atoms with Crippen LogP contribution in [0.25, 0.3) is 5.57 Å². The Morgan fingerprint density at radius 2 is 1.78 bits per heavy atom. The molecule has 2 aliphatic rings. The number of nitro benzene ring substituents is 1. The number of nitro groups is 1. The van der Waals surface area contributed by atoms with Crippen LogP contribution in [0, 0.1) is 10.1 Å². The maximum atomic E-state index is 12.9. The molecule has 1 aromatic rings. The molecule has 9 heteroatoms. The molecule has 0 unspecified atom stereocenters. The molecule has 1 fully saturated rings. The summed E-state index contributed by atoms with van der Waals surface area (Å²) in [5, 5.41) is 10.9. The zero-order valence-electron chi connectivity index (χ0n) is 15.1. The van der Waals surface area contributed by atoms with Gasteiger partial charge < -0.3 is 4.74 Å². The monoisotopic (exact) mass is 391 g/mol. The van der Waals surface area contributed by atoms with Gasteiger partial charge in [-0.3, -0.25) is 29.5 Å². The average Bonchev–Trinajstić information content (AvgIpc) is 2.91. The molecule has 0 N–H and O–H groups in total. The third kappa shape index (κ3) is 4.20. The second-order valence-corrected chi connectivity index (χ2v) is 7.43. The van der Waals surface area contributed by atoms with Gasteiger partial charge in [-0.05, 0) is 23.4 Å². The average molecular weight is 391 g/mol. The van der Waals surface area contributed by atoms with Crippen molar-refractivity contribution in [3.05, 3.63) is 44.8 Å². The molecule has 0 radical (unpaired) electrons. The van der Waals surface area contributed by atoms with E-state index in [1.807, 2.05) is 6.92 Å². The lowest BCUT2D eigenvalue weighted by Gasteiger charge is -2.28. The van der Waals surface area contributed by atoms with Gasteiger partial charge in [-0.25, -0.2) is 0 Å². The molecule has 8 nitrogen and oxygen atoms in total. The van der Waals surface area contributed by atoms with Gasteiger partial charge in [0.05, 0.1) is 28.6 Å². The molecule has 0 bridgehead atoms. The van der Waals surface area contributed by atoms with Crippen molar-refractivity contribution in [1.29, 1.82) is 0 Å². The van der Waals surface area contributed by atoms with Crippen molar-refractivity contribution >= 4 is 34.8 Å². The van der Waals surface area contributed by atoms with E-state index in [2.05, 4.69) is 4.90 Å². The van der Waals surface area contributed by atoms with Crippen molar-refractivity contribution < 1.29 is 19.2 Å². The fourth-order valence-electron chi connectivity index (χ4n) is 3.11. The Morgan fingerprint density at radius 3 is 2.37 bits per heavy atom. The molecular weight excluding hydrogens is 370 g/mol. The van der Waals surface area contributed by atoms with E-state index in [0.29, 0.717) is 48.1 Å². The van der Waals surface area contributed by atoms with Gasteiger partial charge in [-0.2, -0.15) is 0 Å². The summed E-state index contributed by atoms with van der Waals surface area (Å²) in [6.07, 6.45) is 0. The smallest absolute Gasteiger partial charge is 0.269 e. The minimum absolute atomic E-state index is 0.0509. The number of ether oxygens (including phenoxy) is 1. The van der Waals surface area contributed by atoms with Gasteiger partial charge >= 0.3 is 0 Å². The van der Waals surface area contributed by atoms with Crippen LogP contribution in [0.2, 0.25) is 0 Å². The van der Waals surface area contributed by atoms with Crippen molar-refractivity contribution in [2.75, 3.05) is 45.1 Å². The third-order valence-electron chi connectivity index (χ3n) is 4.52. The number of carbonyl (C=O) groups excluding carboxylic acids is 2. The zero-order valence-corrected chi connectivity index (χ0v) is 15.9. The number of morpholine rings is 1. The Hall–Kier alpha value is -2.23. The molecule has 0 spiro atoms. The molecule has 2 heterocycles. The topological polar surface area (TPSA) is 93.0 Å². The van der Waals surface area contributed by atoms with Crippen molar-refractivity contribution in [3.8, 4) is 0 Å². The minimum atomic E-state index is -0.490. The third-order valence-corrected chi connectivity index (χ3v) is 5.48. The standard InChI is InChI=1S/C18H21N3O5S/c1-2-27-16-15(13-3-5-14(6-4-13)21(24)25)17(22)20(18(16)23)8-7-19-9-11-26-12-10-19/h3-6H,2,7-12H2,1H3. The zero-order chi connectivity index (χ0) is 19.4. The van der Waals surface area contributed by atoms with Crippen LogP contribution < -0.4 is 0 Å². The van der Waals surface area contributed by atoms with Gasteiger partial charge in [-0.1, -0.05) is 6.92 Å². The first kappa shape index (κ1) is 19.5. The second kappa shape index (κ2) is 8.64. The van der Waals surface area contributed by atoms with E-state index in [-0.39, 0.29) is 17.5 Å². The van der Waals surface area contributed by atoms with Crippen LogP contribution in [0.3, 0.4) is 0 Å². The normalized spacial score (nSPS) is 18.5. The summed E-state index contributed by atoms with van der Waals surface area (Å²) >= 11 is 1.33. The Kier molecular flexibility index (Phi) is 6.25. The first-order valence-electron chi connectivity index (χ1n) is 8.81. The number of carbonyl (C=O) groups is 2. The van der Waals surface area contributed by atoms with Gasteiger partial charge in [0.2, 0.25) is 0 Å². The van der Waals surface area contributed by atoms with E-state index in [4.69, 9.17) is 4.74 Å². The number of benzene rings is 1. The van der Waals surface area contributed by atoms with E-state index < -0.39 is 4.92 Å². The summed E-state index contributed by atoms with van der Waals surface area (Å²) in [4.78, 5) is 40.0. The predicted molar refractivity (Wildman–Crippen MR) is 102 cm³/mol. The number of imide groups is 1. The summed E-state index contributed by atoms with van der Waals surface area (Å²) in [7, 11) is 0. The Balaban J connectivity index is 1.80. The van der Waals surface area contributed by atoms with E-state index in [9.17, 15) is 19.7 Å². The molecule has 2 amide bonds. The molecule has 3 rings (SSSR count). The highest BCUT2D eigenvalue weighted by atomic mass is 32.2. The SMILES string of the molecule is CCSC1=C(c2ccc([N+](=O)[O-])cc2)C(=O)N(CCN2CCOCC2)C1=O. The number of thioether (sulfide) groups is 1. The van der Waals surface area contributed by atoms with Crippen LogP contribution >= 0.6 is 11.8 Å². The van der Waals surface area contributed by atoms with Crippen LogP contribution in [0.15, 0.2) is 29.2 Å². The van der Waals surface area contributed by atoms with E-state index in [1.54, 1.807) is 0 Å². The second-order valence-electron chi connectivity index (χ2n) is 6.16. The molecule has 144 valence electrons. The molecule has 0 saturated carbocycles. The molecule has 0 aromatic heterocycles. The molecule has 1 saturated heterocycles. The maximum Gasteiger partial charge on any atom is 0.269 e. The summed E-state index contributed by atoms with van der Waals surface area (Å²) < 4.78 is 5.32. The lowest BCUT2D eigenvalue weighted by molar-refractivity contribution is -0.384. The van der Waals surface area contributed by atoms with Crippen LogP contribution in [-0.4, -0.2) is 71.7 Å². The number of hydrogen-bond acceptors (Lipinski definition) is 7. The first-order chi connectivity index (χ1) is 13.0. The van der Waals surface area contributed by atoms with E-state index >= 15 is 0 Å². The maximum absolute atomic E-state index is 12.9. The summed E-state index contributed by atoms with van der Waals surface area (Å²) in [5.74, 6) is 0.0359. The molecule has 27 heavy (non-hydrogen) atoms. The highest BCUT2D eigenvalue weighted by molar-refractivity contribution is 8.04. The fourth-order valence-corrected chi connectivity index (χ4v) is 3.98. The quantitative estimate of drug-likeness (QED) is 0.397. The summed E-state index contributed by atoms with van der Waals surface area (Å²) in [5.41, 5.74) is 0.817. The largest absolute Gasteiger partial charge is 0.379 e. The van der Waals surface area contributed by atoms with Crippen molar-refractivity contribution in [2.45, 2.75) is 6.92 Å². The van der Waals surface area contributed by atoms with E-state index in [1.165, 1.54) is 40.9 Å². The Bertz CT molecular complexity index is 772. The van der Waals surface area contributed by atoms with Crippen LogP contribution in [0.5, 0.6) is 0 Å². The number of rotatable bonds is 7. The van der Waals surface area contributed by atoms with Gasteiger partial charge in [0, 0.05) is 38.3 Å². The van der Waals surface area contributed by atoms with Crippen molar-refractivity contribution in [2.24, 2.45) is 0 Å². The van der Waals surface area contributed by atoms with Crippen molar-refractivity contribution in [3.63, 3.8) is 0 Å². The number of amides is 2. The van der Waals surface area contributed by atoms with Gasteiger partial charge in [0.1, 0.15) is 0 Å². The van der Waals surface area contributed by atoms with Crippen LogP contribution in [0.4, 0.5) is 5.69 Å². The highest BCUT2D eigenvalue weighted by Gasteiger charge is 2.39. The first-order valence-corrected chi connectivity index (χ1v) is 9.79. The lowest BCUT2D eigenvalue weighted by Crippen LogP contribution is -2.43. The molecule has 0 atom stereocenters. The number of nitrogens with zero attached hydrogens (tertiary/aromatic N) is 3. The Labute approximate surface area is 161 Å². The van der Waals surface area contributed by atoms with Crippen LogP contribution in [-0.2, 0) is 14.3 Å². The van der Waals surface area contributed by atoms with Gasteiger partial charge in [0.15, 0.2) is 0 Å². The van der Waals surface area contributed by atoms with Gasteiger partial charge in [-0.15, -0.1) is 11.8 Å². The lowest BCUT2D eigenvalue weighted by atomic mass is 10.1. The number of hydrogen-bond donors (Lipinski definition) is 0. The highest BCUT2D eigenvalue weighted by Crippen LogP contribution is 2.36. The molecular formula is C18H21N3O5S. The van der Waals surface area contributed by atoms with E-state index in [0.717, 1.165) is 13.1 Å². The molecule has 1 aromatic carbocycles. The molecule has 2 aliphatic heterocycles. The van der Waals surface area contributed by atoms with Gasteiger partial charge in [0.25, 0.3) is 17.5 Å². The molecule has 0 aliphatic carbocycles. The van der Waals surface area contributed by atoms with Crippen molar-refractivity contribution in [1.82, 2.24) is 9.80 Å². The number of non-ortho nitro benzene ring substituents is 1. The fraction of sp³-hybridized carbons (Fsp3) is 0.444.